The maximum absolute atomic E-state index is 10.5. The number of rotatable bonds is 1. The van der Waals surface area contributed by atoms with Crippen molar-refractivity contribution in [3.63, 3.8) is 0 Å². The SMILES string of the molecule is O=S(=O)(O)c1c(O)cccc1O.[Na]. The minimum Gasteiger partial charge on any atom is -0.506 e. The second kappa shape index (κ2) is 4.30. The summed E-state index contributed by atoms with van der Waals surface area (Å²) in [5, 5.41) is 17.9. The molecule has 0 heterocycles. The van der Waals surface area contributed by atoms with Crippen LogP contribution in [0.1, 0.15) is 0 Å². The molecule has 0 saturated heterocycles. The van der Waals surface area contributed by atoms with Gasteiger partial charge in [0, 0.05) is 29.6 Å². The van der Waals surface area contributed by atoms with E-state index in [-0.39, 0.29) is 29.6 Å². The standard InChI is InChI=1S/C6H6O5S.Na/c7-4-2-1-3-5(8)6(4)12(9,10)11;/h1-3,7-8H,(H,9,10,11);. The number of hydrogen-bond acceptors (Lipinski definition) is 4. The van der Waals surface area contributed by atoms with Crippen LogP contribution in [-0.4, -0.2) is 52.7 Å². The minimum absolute atomic E-state index is 0. The summed E-state index contributed by atoms with van der Waals surface area (Å²) in [7, 11) is -4.56. The number of phenolic OH excluding ortho intramolecular Hbond substituents is 2. The molecule has 0 atom stereocenters. The van der Waals surface area contributed by atoms with Crippen molar-refractivity contribution in [2.75, 3.05) is 0 Å². The maximum Gasteiger partial charge on any atom is 0.301 e. The van der Waals surface area contributed by atoms with E-state index in [1.165, 1.54) is 6.07 Å². The molecule has 0 unspecified atom stereocenters. The maximum atomic E-state index is 10.5. The van der Waals surface area contributed by atoms with Crippen molar-refractivity contribution in [3.05, 3.63) is 18.2 Å². The molecular weight excluding hydrogens is 207 g/mol. The molecule has 1 aromatic rings. The normalized spacial score (nSPS) is 10.5. The van der Waals surface area contributed by atoms with Gasteiger partial charge < -0.3 is 10.2 Å². The van der Waals surface area contributed by atoms with Gasteiger partial charge in [0.15, 0.2) is 4.90 Å². The molecule has 0 bridgehead atoms. The van der Waals surface area contributed by atoms with Crippen molar-refractivity contribution in [2.45, 2.75) is 4.90 Å². The van der Waals surface area contributed by atoms with E-state index in [1.807, 2.05) is 0 Å². The van der Waals surface area contributed by atoms with Gasteiger partial charge in [-0.15, -0.1) is 0 Å². The number of phenols is 2. The van der Waals surface area contributed by atoms with Crippen molar-refractivity contribution in [2.24, 2.45) is 0 Å². The third-order valence-corrected chi connectivity index (χ3v) is 2.17. The van der Waals surface area contributed by atoms with Gasteiger partial charge in [0.2, 0.25) is 0 Å². The minimum atomic E-state index is -4.56. The molecular formula is C6H6NaO5S. The zero-order valence-corrected chi connectivity index (χ0v) is 9.61. The van der Waals surface area contributed by atoms with Crippen LogP contribution >= 0.6 is 0 Å². The zero-order valence-electron chi connectivity index (χ0n) is 6.80. The summed E-state index contributed by atoms with van der Waals surface area (Å²) < 4.78 is 29.5. The van der Waals surface area contributed by atoms with Crippen LogP contribution in [0.25, 0.3) is 0 Å². The van der Waals surface area contributed by atoms with Crippen LogP contribution < -0.4 is 0 Å². The average molecular weight is 213 g/mol. The summed E-state index contributed by atoms with van der Waals surface area (Å²) in [4.78, 5) is -0.870. The van der Waals surface area contributed by atoms with Gasteiger partial charge in [0.05, 0.1) is 0 Å². The number of aromatic hydroxyl groups is 2. The molecule has 13 heavy (non-hydrogen) atoms. The Hall–Kier alpha value is -0.270. The fourth-order valence-corrected chi connectivity index (χ4v) is 1.44. The first kappa shape index (κ1) is 12.7. The Morgan fingerprint density at radius 1 is 1.08 bits per heavy atom. The van der Waals surface area contributed by atoms with E-state index < -0.39 is 26.5 Å². The van der Waals surface area contributed by atoms with Crippen LogP contribution in [0.4, 0.5) is 0 Å². The van der Waals surface area contributed by atoms with Crippen molar-refractivity contribution in [1.29, 1.82) is 0 Å². The average Bonchev–Trinajstić information content (AvgIpc) is 1.82. The van der Waals surface area contributed by atoms with Gasteiger partial charge in [0.25, 0.3) is 0 Å². The Labute approximate surface area is 97.1 Å². The molecule has 7 heteroatoms. The van der Waals surface area contributed by atoms with E-state index in [0.717, 1.165) is 12.1 Å². The Balaban J connectivity index is 0.00000144. The van der Waals surface area contributed by atoms with Gasteiger partial charge in [-0.2, -0.15) is 8.42 Å². The summed E-state index contributed by atoms with van der Waals surface area (Å²) >= 11 is 0. The van der Waals surface area contributed by atoms with E-state index in [1.54, 1.807) is 0 Å². The van der Waals surface area contributed by atoms with E-state index >= 15 is 0 Å². The molecule has 0 aliphatic heterocycles. The second-order valence-corrected chi connectivity index (χ2v) is 3.46. The number of benzene rings is 1. The molecule has 1 radical (unpaired) electrons. The largest absolute Gasteiger partial charge is 0.506 e. The molecule has 0 aromatic heterocycles. The molecule has 0 amide bonds. The van der Waals surface area contributed by atoms with Crippen LogP contribution in [0, 0.1) is 0 Å². The van der Waals surface area contributed by atoms with Gasteiger partial charge >= 0.3 is 10.1 Å². The molecule has 0 fully saturated rings. The van der Waals surface area contributed by atoms with E-state index in [2.05, 4.69) is 0 Å². The summed E-state index contributed by atoms with van der Waals surface area (Å²) in [6.45, 7) is 0. The Morgan fingerprint density at radius 3 is 1.69 bits per heavy atom. The fraction of sp³-hybridized carbons (Fsp3) is 0. The molecule has 5 nitrogen and oxygen atoms in total. The molecule has 0 saturated carbocycles. The molecule has 1 aromatic carbocycles. The molecule has 0 aliphatic rings. The van der Waals surface area contributed by atoms with Crippen LogP contribution in [0.2, 0.25) is 0 Å². The van der Waals surface area contributed by atoms with Crippen molar-refractivity contribution >= 4 is 39.7 Å². The summed E-state index contributed by atoms with van der Waals surface area (Å²) in [6, 6.07) is 3.34. The molecule has 3 N–H and O–H groups in total. The van der Waals surface area contributed by atoms with Gasteiger partial charge in [0.1, 0.15) is 11.5 Å². The van der Waals surface area contributed by atoms with Crippen LogP contribution in [-0.2, 0) is 10.1 Å². The quantitative estimate of drug-likeness (QED) is 0.449. The summed E-state index contributed by atoms with van der Waals surface area (Å²) in [6.07, 6.45) is 0. The molecule has 1 rings (SSSR count). The van der Waals surface area contributed by atoms with Gasteiger partial charge in [-0.3, -0.25) is 4.55 Å². The Morgan fingerprint density at radius 2 is 1.46 bits per heavy atom. The molecule has 0 spiro atoms. The summed E-state index contributed by atoms with van der Waals surface area (Å²) in [5.74, 6) is -1.37. The van der Waals surface area contributed by atoms with E-state index in [9.17, 15) is 8.42 Å². The second-order valence-electron chi connectivity index (χ2n) is 2.10. The third-order valence-electron chi connectivity index (χ3n) is 1.23. The van der Waals surface area contributed by atoms with Crippen molar-refractivity contribution < 1.29 is 23.2 Å². The first-order valence-electron chi connectivity index (χ1n) is 2.91. The Bertz CT molecular complexity index is 379. The first-order chi connectivity index (χ1) is 5.43. The molecule has 0 aliphatic carbocycles. The van der Waals surface area contributed by atoms with Crippen LogP contribution in [0.5, 0.6) is 11.5 Å². The fourth-order valence-electron chi connectivity index (χ4n) is 0.777. The third kappa shape index (κ3) is 2.85. The van der Waals surface area contributed by atoms with Gasteiger partial charge in [-0.1, -0.05) is 6.07 Å². The van der Waals surface area contributed by atoms with E-state index in [4.69, 9.17) is 14.8 Å². The zero-order chi connectivity index (χ0) is 9.35. The molecule has 67 valence electrons. The van der Waals surface area contributed by atoms with Crippen molar-refractivity contribution in [3.8, 4) is 11.5 Å². The van der Waals surface area contributed by atoms with Crippen molar-refractivity contribution in [1.82, 2.24) is 0 Å². The van der Waals surface area contributed by atoms with Crippen LogP contribution in [0.3, 0.4) is 0 Å². The van der Waals surface area contributed by atoms with E-state index in [0.29, 0.717) is 0 Å². The smallest absolute Gasteiger partial charge is 0.301 e. The van der Waals surface area contributed by atoms with Crippen LogP contribution in [0.15, 0.2) is 23.1 Å². The monoisotopic (exact) mass is 213 g/mol. The Kier molecular flexibility index (Phi) is 4.21. The first-order valence-corrected chi connectivity index (χ1v) is 4.35. The predicted octanol–water partition coefficient (Wildman–Crippen LogP) is -0.0363. The van der Waals surface area contributed by atoms with Gasteiger partial charge in [-0.25, -0.2) is 0 Å². The predicted molar refractivity (Wildman–Crippen MR) is 45.3 cm³/mol. The number of hydrogen-bond donors (Lipinski definition) is 3. The summed E-state index contributed by atoms with van der Waals surface area (Å²) in [5.41, 5.74) is 0. The van der Waals surface area contributed by atoms with Gasteiger partial charge in [-0.05, 0) is 12.1 Å². The topological polar surface area (TPSA) is 94.8 Å².